The second-order valence-electron chi connectivity index (χ2n) is 4.52. The summed E-state index contributed by atoms with van der Waals surface area (Å²) in [6.07, 6.45) is 1.34. The van der Waals surface area contributed by atoms with Crippen LogP contribution in [0.1, 0.15) is 12.0 Å². The lowest BCUT2D eigenvalue weighted by molar-refractivity contribution is 0.0511. The zero-order chi connectivity index (χ0) is 14.0. The van der Waals surface area contributed by atoms with Gasteiger partial charge < -0.3 is 9.47 Å². The highest BCUT2D eigenvalue weighted by Gasteiger charge is 2.00. The molecule has 0 amide bonds. The van der Waals surface area contributed by atoms with Gasteiger partial charge >= 0.3 is 0 Å². The number of rotatable bonds is 8. The molecule has 0 bridgehead atoms. The molecule has 0 unspecified atom stereocenters. The largest absolute Gasteiger partial charge is 0.379 e. The van der Waals surface area contributed by atoms with E-state index < -0.39 is 0 Å². The first-order chi connectivity index (χ1) is 9.92. The molecule has 104 valence electrons. The summed E-state index contributed by atoms with van der Waals surface area (Å²) in [5.74, 6) is 0. The Labute approximate surface area is 119 Å². The van der Waals surface area contributed by atoms with Gasteiger partial charge in [0.25, 0.3) is 0 Å². The molecule has 2 aromatic carbocycles. The molecular weight excluding hydrogens is 250 g/mol. The second kappa shape index (κ2) is 8.31. The number of nitriles is 1. The lowest BCUT2D eigenvalue weighted by atomic mass is 10.0. The van der Waals surface area contributed by atoms with E-state index in [1.165, 1.54) is 16.3 Å². The summed E-state index contributed by atoms with van der Waals surface area (Å²) >= 11 is 0. The van der Waals surface area contributed by atoms with Crippen molar-refractivity contribution in [1.82, 2.24) is 0 Å². The quantitative estimate of drug-likeness (QED) is 0.690. The molecule has 0 N–H and O–H groups in total. The van der Waals surface area contributed by atoms with E-state index in [0.717, 1.165) is 6.42 Å². The van der Waals surface area contributed by atoms with Crippen LogP contribution in [0.15, 0.2) is 42.5 Å². The van der Waals surface area contributed by atoms with Crippen LogP contribution in [0.5, 0.6) is 0 Å². The molecule has 0 atom stereocenters. The summed E-state index contributed by atoms with van der Waals surface area (Å²) in [5.41, 5.74) is 1.31. The van der Waals surface area contributed by atoms with E-state index in [-0.39, 0.29) is 0 Å². The highest BCUT2D eigenvalue weighted by atomic mass is 16.5. The molecular formula is C17H19NO2. The van der Waals surface area contributed by atoms with Gasteiger partial charge in [0.1, 0.15) is 0 Å². The molecule has 3 nitrogen and oxygen atoms in total. The van der Waals surface area contributed by atoms with Gasteiger partial charge in [-0.05, 0) is 22.8 Å². The van der Waals surface area contributed by atoms with Crippen molar-refractivity contribution < 1.29 is 9.47 Å². The van der Waals surface area contributed by atoms with E-state index >= 15 is 0 Å². The lowest BCUT2D eigenvalue weighted by Gasteiger charge is -2.07. The summed E-state index contributed by atoms with van der Waals surface area (Å²) in [4.78, 5) is 0. The zero-order valence-electron chi connectivity index (χ0n) is 11.5. The topological polar surface area (TPSA) is 42.2 Å². The molecule has 0 saturated heterocycles. The molecule has 3 heteroatoms. The molecule has 0 fully saturated rings. The lowest BCUT2D eigenvalue weighted by Crippen LogP contribution is -2.07. The fourth-order valence-electron chi connectivity index (χ4n) is 2.13. The van der Waals surface area contributed by atoms with Crippen molar-refractivity contribution in [2.75, 3.05) is 26.4 Å². The van der Waals surface area contributed by atoms with Crippen LogP contribution in [-0.4, -0.2) is 26.4 Å². The van der Waals surface area contributed by atoms with Crippen molar-refractivity contribution >= 4 is 10.8 Å². The Balaban J connectivity index is 1.72. The maximum absolute atomic E-state index is 8.36. The van der Waals surface area contributed by atoms with Gasteiger partial charge in [0.15, 0.2) is 0 Å². The molecule has 0 spiro atoms. The Morgan fingerprint density at radius 3 is 2.45 bits per heavy atom. The SMILES string of the molecule is N#CCCOCCOCCc1cccc2ccccc12. The number of benzene rings is 2. The Kier molecular flexibility index (Phi) is 6.04. The van der Waals surface area contributed by atoms with Gasteiger partial charge in [0.2, 0.25) is 0 Å². The van der Waals surface area contributed by atoms with E-state index in [1.54, 1.807) is 0 Å². The first-order valence-corrected chi connectivity index (χ1v) is 6.91. The first-order valence-electron chi connectivity index (χ1n) is 6.91. The van der Waals surface area contributed by atoms with Gasteiger partial charge in [-0.25, -0.2) is 0 Å². The zero-order valence-corrected chi connectivity index (χ0v) is 11.5. The maximum Gasteiger partial charge on any atom is 0.0700 e. The molecule has 0 aromatic heterocycles. The minimum absolute atomic E-state index is 0.440. The summed E-state index contributed by atoms with van der Waals surface area (Å²) in [5, 5.41) is 10.9. The maximum atomic E-state index is 8.36. The van der Waals surface area contributed by atoms with E-state index in [2.05, 4.69) is 42.5 Å². The van der Waals surface area contributed by atoms with Crippen molar-refractivity contribution in [3.8, 4) is 6.07 Å². The van der Waals surface area contributed by atoms with Gasteiger partial charge in [0, 0.05) is 0 Å². The summed E-state index contributed by atoms with van der Waals surface area (Å²) in [7, 11) is 0. The van der Waals surface area contributed by atoms with Gasteiger partial charge in [-0.3, -0.25) is 0 Å². The van der Waals surface area contributed by atoms with Crippen molar-refractivity contribution in [2.24, 2.45) is 0 Å². The van der Waals surface area contributed by atoms with Crippen LogP contribution in [0, 0.1) is 11.3 Å². The third kappa shape index (κ3) is 4.34. The third-order valence-electron chi connectivity index (χ3n) is 3.13. The molecule has 0 aliphatic rings. The van der Waals surface area contributed by atoms with Gasteiger partial charge in [-0.2, -0.15) is 5.26 Å². The van der Waals surface area contributed by atoms with E-state index in [4.69, 9.17) is 14.7 Å². The monoisotopic (exact) mass is 269 g/mol. The number of hydrogen-bond donors (Lipinski definition) is 0. The van der Waals surface area contributed by atoms with Crippen molar-refractivity contribution in [3.05, 3.63) is 48.0 Å². The number of nitrogens with zero attached hydrogens (tertiary/aromatic N) is 1. The van der Waals surface area contributed by atoms with Crippen LogP contribution in [0.4, 0.5) is 0 Å². The molecule has 0 radical (unpaired) electrons. The average molecular weight is 269 g/mol. The highest BCUT2D eigenvalue weighted by Crippen LogP contribution is 2.18. The smallest absolute Gasteiger partial charge is 0.0700 e. The fourth-order valence-corrected chi connectivity index (χ4v) is 2.13. The van der Waals surface area contributed by atoms with Crippen LogP contribution in [-0.2, 0) is 15.9 Å². The number of fused-ring (bicyclic) bond motifs is 1. The highest BCUT2D eigenvalue weighted by molar-refractivity contribution is 5.85. The van der Waals surface area contributed by atoms with Crippen LogP contribution >= 0.6 is 0 Å². The molecule has 20 heavy (non-hydrogen) atoms. The minimum atomic E-state index is 0.440. The van der Waals surface area contributed by atoms with E-state index in [0.29, 0.717) is 32.8 Å². The third-order valence-corrected chi connectivity index (χ3v) is 3.13. The van der Waals surface area contributed by atoms with Crippen LogP contribution in [0.3, 0.4) is 0 Å². The molecule has 0 aliphatic carbocycles. The summed E-state index contributed by atoms with van der Waals surface area (Å²) < 4.78 is 10.8. The van der Waals surface area contributed by atoms with Crippen LogP contribution < -0.4 is 0 Å². The molecule has 0 heterocycles. The molecule has 2 aromatic rings. The summed E-state index contributed by atoms with van der Waals surface area (Å²) in [6.45, 7) is 2.31. The van der Waals surface area contributed by atoms with E-state index in [1.807, 2.05) is 6.07 Å². The van der Waals surface area contributed by atoms with Crippen molar-refractivity contribution in [3.63, 3.8) is 0 Å². The Morgan fingerprint density at radius 2 is 1.60 bits per heavy atom. The van der Waals surface area contributed by atoms with E-state index in [9.17, 15) is 0 Å². The predicted octanol–water partition coefficient (Wildman–Crippen LogP) is 3.33. The van der Waals surface area contributed by atoms with Crippen LogP contribution in [0.25, 0.3) is 10.8 Å². The Bertz CT molecular complexity index is 569. The number of hydrogen-bond acceptors (Lipinski definition) is 3. The predicted molar refractivity (Wildman–Crippen MR) is 79.5 cm³/mol. The molecule has 2 rings (SSSR count). The normalized spacial score (nSPS) is 10.6. The minimum Gasteiger partial charge on any atom is -0.379 e. The average Bonchev–Trinajstić information content (AvgIpc) is 2.50. The first kappa shape index (κ1) is 14.5. The van der Waals surface area contributed by atoms with Crippen molar-refractivity contribution in [1.29, 1.82) is 5.26 Å². The standard InChI is InChI=1S/C17H19NO2/c18-10-4-11-19-13-14-20-12-9-16-7-3-6-15-5-1-2-8-17(15)16/h1-3,5-8H,4,9,11-14H2. The summed E-state index contributed by atoms with van der Waals surface area (Å²) in [6, 6.07) is 16.8. The Morgan fingerprint density at radius 1 is 0.850 bits per heavy atom. The van der Waals surface area contributed by atoms with Crippen LogP contribution in [0.2, 0.25) is 0 Å². The number of ether oxygens (including phenoxy) is 2. The molecule has 0 aliphatic heterocycles. The van der Waals surface area contributed by atoms with Gasteiger partial charge in [0.05, 0.1) is 38.9 Å². The van der Waals surface area contributed by atoms with Gasteiger partial charge in [-0.1, -0.05) is 42.5 Å². The molecule has 0 saturated carbocycles. The fraction of sp³-hybridized carbons (Fsp3) is 0.353. The Hall–Kier alpha value is -1.89. The second-order valence-corrected chi connectivity index (χ2v) is 4.52. The van der Waals surface area contributed by atoms with Crippen molar-refractivity contribution in [2.45, 2.75) is 12.8 Å². The van der Waals surface area contributed by atoms with Gasteiger partial charge in [-0.15, -0.1) is 0 Å².